The van der Waals surface area contributed by atoms with Crippen molar-refractivity contribution >= 4 is 34.4 Å². The van der Waals surface area contributed by atoms with Gasteiger partial charge >= 0.3 is 12.6 Å². The van der Waals surface area contributed by atoms with Gasteiger partial charge in [0.15, 0.2) is 5.75 Å². The number of rotatable bonds is 6. The summed E-state index contributed by atoms with van der Waals surface area (Å²) in [5.74, 6) is -1.14. The van der Waals surface area contributed by atoms with E-state index in [9.17, 15) is 23.5 Å². The van der Waals surface area contributed by atoms with Gasteiger partial charge in [-0.1, -0.05) is 24.9 Å². The van der Waals surface area contributed by atoms with Gasteiger partial charge in [-0.15, -0.1) is 0 Å². The fourth-order valence-electron chi connectivity index (χ4n) is 3.50. The van der Waals surface area contributed by atoms with Crippen LogP contribution in [0.1, 0.15) is 41.9 Å². The van der Waals surface area contributed by atoms with E-state index in [0.717, 1.165) is 0 Å². The van der Waals surface area contributed by atoms with Crippen molar-refractivity contribution < 1.29 is 33.0 Å². The smallest absolute Gasteiger partial charge is 0.387 e. The number of hydrogen-bond acceptors (Lipinski definition) is 5. The average Bonchev–Trinajstić information content (AvgIpc) is 2.95. The van der Waals surface area contributed by atoms with Crippen LogP contribution in [0.5, 0.6) is 17.2 Å². The largest absolute Gasteiger partial charge is 0.506 e. The minimum atomic E-state index is -2.98. The second kappa shape index (κ2) is 8.93. The minimum absolute atomic E-state index is 0.0533. The number of halogens is 3. The molecule has 0 atom stereocenters. The van der Waals surface area contributed by atoms with E-state index in [1.54, 1.807) is 6.92 Å². The number of fused-ring (bicyclic) bond motifs is 1. The summed E-state index contributed by atoms with van der Waals surface area (Å²) in [5.41, 5.74) is 1.36. The van der Waals surface area contributed by atoms with Gasteiger partial charge in [0.2, 0.25) is 0 Å². The number of aromatic hydroxyl groups is 1. The molecule has 0 fully saturated rings. The lowest BCUT2D eigenvalue weighted by Crippen LogP contribution is -2.14. The molecule has 0 bridgehead atoms. The number of phenolic OH excluding ortho intramolecular Hbond substituents is 1. The molecule has 3 aromatic rings. The molecule has 0 aliphatic heterocycles. The zero-order valence-corrected chi connectivity index (χ0v) is 17.8. The molecule has 1 heterocycles. The molecule has 9 heteroatoms. The van der Waals surface area contributed by atoms with Crippen LogP contribution < -0.4 is 9.47 Å². The number of hydrogen-bond donors (Lipinski definition) is 1. The average molecular weight is 452 g/mol. The highest BCUT2D eigenvalue weighted by atomic mass is 35.5. The van der Waals surface area contributed by atoms with E-state index in [4.69, 9.17) is 16.3 Å². The van der Waals surface area contributed by atoms with Crippen molar-refractivity contribution in [1.29, 1.82) is 0 Å². The van der Waals surface area contributed by atoms with Crippen LogP contribution in [0.3, 0.4) is 0 Å². The standard InChI is InChI=1S/C22H20ClF2NO5/c1-4-5-15-18-17(10-16(23)19(15)28)26(11(2)20(18)30-12(3)27)21(29)13-6-8-14(9-7-13)31-22(24)25/h6-10,22,28H,4-5H2,1-3H3. The van der Waals surface area contributed by atoms with E-state index < -0.39 is 18.5 Å². The Labute approximate surface area is 181 Å². The summed E-state index contributed by atoms with van der Waals surface area (Å²) >= 11 is 6.22. The van der Waals surface area contributed by atoms with Gasteiger partial charge in [0.05, 0.1) is 21.6 Å². The number of esters is 1. The highest BCUT2D eigenvalue weighted by Crippen LogP contribution is 2.43. The molecule has 0 saturated heterocycles. The molecule has 0 aliphatic rings. The SMILES string of the molecule is CCCc1c(O)c(Cl)cc2c1c(OC(C)=O)c(C)n2C(=O)c1ccc(OC(F)F)cc1. The highest BCUT2D eigenvalue weighted by Gasteiger charge is 2.26. The van der Waals surface area contributed by atoms with Gasteiger partial charge < -0.3 is 14.6 Å². The van der Waals surface area contributed by atoms with Crippen LogP contribution in [0.25, 0.3) is 10.9 Å². The zero-order valence-electron chi connectivity index (χ0n) is 17.0. The van der Waals surface area contributed by atoms with Crippen LogP contribution >= 0.6 is 11.6 Å². The number of benzene rings is 2. The summed E-state index contributed by atoms with van der Waals surface area (Å²) < 4.78 is 35.8. The Kier molecular flexibility index (Phi) is 6.50. The molecular weight excluding hydrogens is 432 g/mol. The third-order valence-corrected chi connectivity index (χ3v) is 5.03. The maximum atomic E-state index is 13.3. The van der Waals surface area contributed by atoms with Crippen LogP contribution in [0.15, 0.2) is 30.3 Å². The van der Waals surface area contributed by atoms with E-state index in [1.165, 1.54) is 41.8 Å². The lowest BCUT2D eigenvalue weighted by atomic mass is 10.0. The number of aryl methyl sites for hydroxylation is 1. The van der Waals surface area contributed by atoms with Crippen LogP contribution in [0.2, 0.25) is 5.02 Å². The normalized spacial score (nSPS) is 11.2. The quantitative estimate of drug-likeness (QED) is 0.502. The summed E-state index contributed by atoms with van der Waals surface area (Å²) in [6, 6.07) is 6.65. The minimum Gasteiger partial charge on any atom is -0.506 e. The molecule has 3 rings (SSSR count). The zero-order chi connectivity index (χ0) is 22.9. The molecule has 31 heavy (non-hydrogen) atoms. The first kappa shape index (κ1) is 22.6. The number of aromatic nitrogens is 1. The third-order valence-electron chi connectivity index (χ3n) is 4.74. The summed E-state index contributed by atoms with van der Waals surface area (Å²) in [4.78, 5) is 25.0. The van der Waals surface area contributed by atoms with Gasteiger partial charge in [-0.25, -0.2) is 0 Å². The van der Waals surface area contributed by atoms with Crippen LogP contribution in [0, 0.1) is 6.92 Å². The van der Waals surface area contributed by atoms with Crippen molar-refractivity contribution in [3.63, 3.8) is 0 Å². The number of alkyl halides is 2. The number of carbonyl (C=O) groups excluding carboxylic acids is 2. The molecule has 0 radical (unpaired) electrons. The van der Waals surface area contributed by atoms with Crippen molar-refractivity contribution in [2.24, 2.45) is 0 Å². The highest BCUT2D eigenvalue weighted by molar-refractivity contribution is 6.33. The van der Waals surface area contributed by atoms with Crippen molar-refractivity contribution in [1.82, 2.24) is 4.57 Å². The predicted octanol–water partition coefficient (Wildman–Crippen LogP) is 5.48. The Balaban J connectivity index is 2.23. The van der Waals surface area contributed by atoms with E-state index in [0.29, 0.717) is 35.0 Å². The first-order valence-electron chi connectivity index (χ1n) is 9.49. The molecule has 0 aliphatic carbocycles. The molecule has 0 amide bonds. The van der Waals surface area contributed by atoms with Gasteiger partial charge in [0.1, 0.15) is 11.5 Å². The summed E-state index contributed by atoms with van der Waals surface area (Å²) in [6.45, 7) is 1.78. The maximum Gasteiger partial charge on any atom is 0.387 e. The van der Waals surface area contributed by atoms with Crippen molar-refractivity contribution in [2.75, 3.05) is 0 Å². The van der Waals surface area contributed by atoms with Crippen molar-refractivity contribution in [3.8, 4) is 17.2 Å². The Bertz CT molecular complexity index is 1160. The maximum absolute atomic E-state index is 13.3. The molecule has 0 spiro atoms. The van der Waals surface area contributed by atoms with Crippen LogP contribution in [-0.2, 0) is 11.2 Å². The second-order valence-corrected chi connectivity index (χ2v) is 7.29. The predicted molar refractivity (Wildman–Crippen MR) is 111 cm³/mol. The van der Waals surface area contributed by atoms with E-state index in [2.05, 4.69) is 4.74 Å². The summed E-state index contributed by atoms with van der Waals surface area (Å²) in [5, 5.41) is 11.0. The monoisotopic (exact) mass is 451 g/mol. The number of phenols is 1. The fraction of sp³-hybridized carbons (Fsp3) is 0.273. The molecular formula is C22H20ClF2NO5. The molecule has 6 nitrogen and oxygen atoms in total. The topological polar surface area (TPSA) is 77.8 Å². The lowest BCUT2D eigenvalue weighted by Gasteiger charge is -2.11. The molecule has 0 saturated carbocycles. The molecule has 1 aromatic heterocycles. The first-order chi connectivity index (χ1) is 14.6. The Morgan fingerprint density at radius 3 is 2.42 bits per heavy atom. The number of carbonyl (C=O) groups is 2. The molecule has 1 N–H and O–H groups in total. The lowest BCUT2D eigenvalue weighted by molar-refractivity contribution is -0.131. The van der Waals surface area contributed by atoms with Crippen molar-refractivity contribution in [3.05, 3.63) is 52.2 Å². The number of nitrogens with zero attached hydrogens (tertiary/aromatic N) is 1. The van der Waals surface area contributed by atoms with Gasteiger partial charge in [-0.2, -0.15) is 8.78 Å². The van der Waals surface area contributed by atoms with Crippen molar-refractivity contribution in [2.45, 2.75) is 40.2 Å². The van der Waals surface area contributed by atoms with Gasteiger partial charge in [0, 0.05) is 18.1 Å². The second-order valence-electron chi connectivity index (χ2n) is 6.88. The fourth-order valence-corrected chi connectivity index (χ4v) is 3.72. The first-order valence-corrected chi connectivity index (χ1v) is 9.86. The van der Waals surface area contributed by atoms with E-state index in [-0.39, 0.29) is 27.8 Å². The van der Waals surface area contributed by atoms with Gasteiger partial charge in [-0.05, 0) is 43.7 Å². The van der Waals surface area contributed by atoms with Crippen LogP contribution in [0.4, 0.5) is 8.78 Å². The Hall–Kier alpha value is -3.13. The third kappa shape index (κ3) is 4.34. The van der Waals surface area contributed by atoms with Gasteiger partial charge in [-0.3, -0.25) is 14.2 Å². The number of ether oxygens (including phenoxy) is 2. The summed E-state index contributed by atoms with van der Waals surface area (Å²) in [6.07, 6.45) is 1.11. The molecule has 164 valence electrons. The molecule has 2 aromatic carbocycles. The molecule has 0 unspecified atom stereocenters. The van der Waals surface area contributed by atoms with E-state index in [1.807, 2.05) is 6.92 Å². The Morgan fingerprint density at radius 2 is 1.87 bits per heavy atom. The van der Waals surface area contributed by atoms with Gasteiger partial charge in [0.25, 0.3) is 5.91 Å². The summed E-state index contributed by atoms with van der Waals surface area (Å²) in [7, 11) is 0. The Morgan fingerprint density at radius 1 is 1.23 bits per heavy atom. The van der Waals surface area contributed by atoms with Crippen LogP contribution in [-0.4, -0.2) is 28.2 Å². The van der Waals surface area contributed by atoms with E-state index >= 15 is 0 Å².